The average molecular weight is 245 g/mol. The van der Waals surface area contributed by atoms with Crippen LogP contribution in [0.5, 0.6) is 5.75 Å². The van der Waals surface area contributed by atoms with Crippen molar-refractivity contribution in [3.63, 3.8) is 0 Å². The highest BCUT2D eigenvalue weighted by molar-refractivity contribution is 5.40. The second-order valence-electron chi connectivity index (χ2n) is 5.29. The number of methoxy groups -OCH3 is 1. The van der Waals surface area contributed by atoms with Gasteiger partial charge < -0.3 is 9.47 Å². The Morgan fingerprint density at radius 2 is 2.17 bits per heavy atom. The van der Waals surface area contributed by atoms with Gasteiger partial charge in [-0.1, -0.05) is 26.0 Å². The largest absolute Gasteiger partial charge is 0.496 e. The zero-order valence-electron chi connectivity index (χ0n) is 11.2. The van der Waals surface area contributed by atoms with Crippen molar-refractivity contribution in [2.45, 2.75) is 26.2 Å². The second kappa shape index (κ2) is 4.99. The summed E-state index contributed by atoms with van der Waals surface area (Å²) >= 11 is 0. The molecule has 1 aliphatic heterocycles. The van der Waals surface area contributed by atoms with Crippen LogP contribution in [0.1, 0.15) is 30.9 Å². The van der Waals surface area contributed by atoms with Crippen LogP contribution in [-0.2, 0) is 11.2 Å². The van der Waals surface area contributed by atoms with Gasteiger partial charge in [0.2, 0.25) is 0 Å². The van der Waals surface area contributed by atoms with Crippen molar-refractivity contribution in [3.05, 3.63) is 29.3 Å². The van der Waals surface area contributed by atoms with Crippen molar-refractivity contribution in [1.82, 2.24) is 0 Å². The molecule has 0 N–H and O–H groups in total. The number of benzene rings is 1. The highest BCUT2D eigenvalue weighted by atomic mass is 16.5. The highest BCUT2D eigenvalue weighted by Crippen LogP contribution is 2.35. The summed E-state index contributed by atoms with van der Waals surface area (Å²) in [6.45, 7) is 5.38. The number of hydrogen-bond donors (Lipinski definition) is 0. The molecule has 1 aromatic carbocycles. The van der Waals surface area contributed by atoms with Crippen LogP contribution in [0.3, 0.4) is 0 Å². The fraction of sp³-hybridized carbons (Fsp3) is 0.533. The van der Waals surface area contributed by atoms with Gasteiger partial charge in [-0.05, 0) is 29.5 Å². The third-order valence-corrected chi connectivity index (χ3v) is 3.49. The first-order chi connectivity index (χ1) is 8.60. The number of rotatable bonds is 4. The molecular weight excluding hydrogens is 226 g/mol. The third kappa shape index (κ3) is 2.34. The van der Waals surface area contributed by atoms with Crippen LogP contribution in [0.2, 0.25) is 0 Å². The number of ether oxygens (including phenoxy) is 2. The van der Waals surface area contributed by atoms with E-state index >= 15 is 0 Å². The fourth-order valence-electron chi connectivity index (χ4n) is 2.21. The fourth-order valence-corrected chi connectivity index (χ4v) is 2.21. The quantitative estimate of drug-likeness (QED) is 0.819. The Hall–Kier alpha value is -1.53. The smallest absolute Gasteiger partial charge is 0.122 e. The maximum atomic E-state index is 9.27. The molecule has 1 aromatic rings. The lowest BCUT2D eigenvalue weighted by molar-refractivity contribution is -0.0767. The van der Waals surface area contributed by atoms with Crippen molar-refractivity contribution in [2.24, 2.45) is 5.41 Å². The molecule has 18 heavy (non-hydrogen) atoms. The average Bonchev–Trinajstić information content (AvgIpc) is 2.33. The van der Waals surface area contributed by atoms with E-state index in [-0.39, 0.29) is 5.41 Å². The van der Waals surface area contributed by atoms with Gasteiger partial charge in [-0.25, -0.2) is 0 Å². The molecular formula is C15H19NO2. The van der Waals surface area contributed by atoms with Crippen LogP contribution in [0.4, 0.5) is 0 Å². The third-order valence-electron chi connectivity index (χ3n) is 3.49. The summed E-state index contributed by atoms with van der Waals surface area (Å²) in [5.74, 6) is 1.34. The SMILES string of the molecule is COc1ccc(C(C)C)cc1CC1(C#N)COC1. The first kappa shape index (κ1) is 12.9. The van der Waals surface area contributed by atoms with Gasteiger partial charge in [0.25, 0.3) is 0 Å². The van der Waals surface area contributed by atoms with E-state index in [4.69, 9.17) is 9.47 Å². The van der Waals surface area contributed by atoms with Gasteiger partial charge >= 0.3 is 0 Å². The summed E-state index contributed by atoms with van der Waals surface area (Å²) in [6, 6.07) is 8.62. The summed E-state index contributed by atoms with van der Waals surface area (Å²) in [7, 11) is 1.67. The molecule has 0 spiro atoms. The number of hydrogen-bond acceptors (Lipinski definition) is 3. The zero-order valence-corrected chi connectivity index (χ0v) is 11.2. The van der Waals surface area contributed by atoms with Gasteiger partial charge in [0.1, 0.15) is 11.2 Å². The predicted molar refractivity (Wildman–Crippen MR) is 69.7 cm³/mol. The lowest BCUT2D eigenvalue weighted by atomic mass is 9.80. The van der Waals surface area contributed by atoms with Gasteiger partial charge in [-0.3, -0.25) is 0 Å². The molecule has 2 rings (SSSR count). The first-order valence-electron chi connectivity index (χ1n) is 6.26. The first-order valence-corrected chi connectivity index (χ1v) is 6.26. The Balaban J connectivity index is 2.30. The van der Waals surface area contributed by atoms with Crippen LogP contribution in [0, 0.1) is 16.7 Å². The molecule has 0 aromatic heterocycles. The van der Waals surface area contributed by atoms with Gasteiger partial charge in [0, 0.05) is 0 Å². The van der Waals surface area contributed by atoms with Crippen LogP contribution in [0.15, 0.2) is 18.2 Å². The molecule has 0 bridgehead atoms. The standard InChI is InChI=1S/C15H19NO2/c1-11(2)12-4-5-14(17-3)13(6-12)7-15(8-16)9-18-10-15/h4-6,11H,7,9-10H2,1-3H3. The summed E-state index contributed by atoms with van der Waals surface area (Å²) in [6.07, 6.45) is 0.702. The van der Waals surface area contributed by atoms with Crippen LogP contribution in [-0.4, -0.2) is 20.3 Å². The lowest BCUT2D eigenvalue weighted by Gasteiger charge is -2.35. The van der Waals surface area contributed by atoms with Gasteiger partial charge in [0.05, 0.1) is 26.4 Å². The van der Waals surface area contributed by atoms with Crippen molar-refractivity contribution in [1.29, 1.82) is 5.26 Å². The molecule has 1 fully saturated rings. The molecule has 0 aliphatic carbocycles. The van der Waals surface area contributed by atoms with E-state index in [1.165, 1.54) is 5.56 Å². The summed E-state index contributed by atoms with van der Waals surface area (Å²) < 4.78 is 10.6. The molecule has 0 radical (unpaired) electrons. The second-order valence-corrected chi connectivity index (χ2v) is 5.29. The lowest BCUT2D eigenvalue weighted by Crippen LogP contribution is -2.43. The van der Waals surface area contributed by atoms with Crippen LogP contribution >= 0.6 is 0 Å². The van der Waals surface area contributed by atoms with E-state index in [1.807, 2.05) is 6.07 Å². The predicted octanol–water partition coefficient (Wildman–Crippen LogP) is 2.90. The summed E-state index contributed by atoms with van der Waals surface area (Å²) in [5, 5.41) is 9.27. The topological polar surface area (TPSA) is 42.2 Å². The monoisotopic (exact) mass is 245 g/mol. The Morgan fingerprint density at radius 3 is 2.61 bits per heavy atom. The van der Waals surface area contributed by atoms with E-state index in [0.29, 0.717) is 25.6 Å². The van der Waals surface area contributed by atoms with E-state index in [9.17, 15) is 5.26 Å². The molecule has 1 heterocycles. The van der Waals surface area contributed by atoms with Crippen molar-refractivity contribution in [2.75, 3.05) is 20.3 Å². The molecule has 1 saturated heterocycles. The molecule has 1 aliphatic rings. The van der Waals surface area contributed by atoms with E-state index in [2.05, 4.69) is 32.0 Å². The zero-order chi connectivity index (χ0) is 13.2. The maximum absolute atomic E-state index is 9.27. The molecule has 0 atom stereocenters. The van der Waals surface area contributed by atoms with Gasteiger partial charge in [0.15, 0.2) is 0 Å². The Bertz CT molecular complexity index is 470. The maximum Gasteiger partial charge on any atom is 0.122 e. The van der Waals surface area contributed by atoms with Crippen molar-refractivity contribution in [3.8, 4) is 11.8 Å². The molecule has 3 heteroatoms. The molecule has 0 unspecified atom stereocenters. The van der Waals surface area contributed by atoms with E-state index in [0.717, 1.165) is 11.3 Å². The summed E-state index contributed by atoms with van der Waals surface area (Å²) in [4.78, 5) is 0. The summed E-state index contributed by atoms with van der Waals surface area (Å²) in [5.41, 5.74) is 2.02. The number of nitriles is 1. The molecule has 96 valence electrons. The van der Waals surface area contributed by atoms with Gasteiger partial charge in [-0.15, -0.1) is 0 Å². The molecule has 0 amide bonds. The Morgan fingerprint density at radius 1 is 1.44 bits per heavy atom. The minimum atomic E-state index is -0.358. The Labute approximate surface area is 108 Å². The van der Waals surface area contributed by atoms with Crippen LogP contribution < -0.4 is 4.74 Å². The van der Waals surface area contributed by atoms with Crippen molar-refractivity contribution < 1.29 is 9.47 Å². The molecule has 0 saturated carbocycles. The van der Waals surface area contributed by atoms with E-state index < -0.39 is 0 Å². The highest BCUT2D eigenvalue weighted by Gasteiger charge is 2.39. The van der Waals surface area contributed by atoms with Gasteiger partial charge in [-0.2, -0.15) is 5.26 Å². The minimum absolute atomic E-state index is 0.358. The Kier molecular flexibility index (Phi) is 3.58. The molecule has 3 nitrogen and oxygen atoms in total. The van der Waals surface area contributed by atoms with Crippen molar-refractivity contribution >= 4 is 0 Å². The van der Waals surface area contributed by atoms with Crippen LogP contribution in [0.25, 0.3) is 0 Å². The normalized spacial score (nSPS) is 17.1. The minimum Gasteiger partial charge on any atom is -0.496 e. The number of nitrogens with zero attached hydrogens (tertiary/aromatic N) is 1. The van der Waals surface area contributed by atoms with E-state index in [1.54, 1.807) is 7.11 Å².